The molecule has 176 valence electrons. The highest BCUT2D eigenvalue weighted by molar-refractivity contribution is 5.78. The number of alkyl halides is 3. The van der Waals surface area contributed by atoms with Crippen molar-refractivity contribution in [1.82, 2.24) is 4.90 Å². The van der Waals surface area contributed by atoms with Gasteiger partial charge in [0.2, 0.25) is 5.91 Å². The van der Waals surface area contributed by atoms with Gasteiger partial charge in [0.05, 0.1) is 16.5 Å². The summed E-state index contributed by atoms with van der Waals surface area (Å²) in [5.74, 6) is 1.17. The van der Waals surface area contributed by atoms with Gasteiger partial charge in [-0.05, 0) is 42.7 Å². The van der Waals surface area contributed by atoms with Gasteiger partial charge in [0.1, 0.15) is 18.9 Å². The third kappa shape index (κ3) is 4.96. The Morgan fingerprint density at radius 2 is 1.91 bits per heavy atom. The van der Waals surface area contributed by atoms with E-state index in [2.05, 4.69) is 5.32 Å². The summed E-state index contributed by atoms with van der Waals surface area (Å²) in [5.41, 5.74) is -0.912. The first-order chi connectivity index (χ1) is 15.7. The second-order valence-corrected chi connectivity index (χ2v) is 7.81. The predicted molar refractivity (Wildman–Crippen MR) is 112 cm³/mol. The molecule has 0 spiro atoms. The fraction of sp³-hybridized carbons (Fsp3) is 0.409. The minimum atomic E-state index is -4.68. The van der Waals surface area contributed by atoms with Crippen LogP contribution in [0.25, 0.3) is 0 Å². The Balaban J connectivity index is 1.40. The van der Waals surface area contributed by atoms with Crippen LogP contribution >= 0.6 is 0 Å². The van der Waals surface area contributed by atoms with Gasteiger partial charge in [-0.15, -0.1) is 0 Å². The fourth-order valence-corrected chi connectivity index (χ4v) is 4.14. The highest BCUT2D eigenvalue weighted by Crippen LogP contribution is 2.38. The number of ether oxygens (including phenoxy) is 2. The molecule has 2 heterocycles. The summed E-state index contributed by atoms with van der Waals surface area (Å²) in [4.78, 5) is 25.0. The zero-order chi connectivity index (χ0) is 23.6. The van der Waals surface area contributed by atoms with Crippen LogP contribution in [0.3, 0.4) is 0 Å². The number of carbonyl (C=O) groups is 1. The van der Waals surface area contributed by atoms with Crippen LogP contribution in [0.4, 0.5) is 24.5 Å². The lowest BCUT2D eigenvalue weighted by atomic mass is 10.0. The van der Waals surface area contributed by atoms with Crippen molar-refractivity contribution in [3.8, 4) is 11.5 Å². The molecule has 2 aromatic carbocycles. The van der Waals surface area contributed by atoms with Crippen LogP contribution in [-0.2, 0) is 11.0 Å². The Morgan fingerprint density at radius 3 is 2.64 bits per heavy atom. The molecule has 1 N–H and O–H groups in total. The van der Waals surface area contributed by atoms with Crippen LogP contribution in [0.1, 0.15) is 36.4 Å². The van der Waals surface area contributed by atoms with E-state index in [1.807, 2.05) is 18.2 Å². The number of hydrogen-bond donors (Lipinski definition) is 1. The molecule has 2 aliphatic rings. The van der Waals surface area contributed by atoms with E-state index < -0.39 is 22.4 Å². The zero-order valence-electron chi connectivity index (χ0n) is 17.6. The molecule has 2 aliphatic heterocycles. The number of nitrogens with zero attached hydrogens (tertiary/aromatic N) is 2. The normalized spacial score (nSPS) is 17.7. The number of nitro benzene ring substituents is 1. The smallest absolute Gasteiger partial charge is 0.416 e. The van der Waals surface area contributed by atoms with Crippen molar-refractivity contribution in [2.75, 3.05) is 31.6 Å². The monoisotopic (exact) mass is 465 g/mol. The molecule has 1 atom stereocenters. The number of fused-ring (bicyclic) bond motifs is 1. The number of amides is 1. The van der Waals surface area contributed by atoms with Crippen LogP contribution in [0.15, 0.2) is 36.4 Å². The molecule has 8 nitrogen and oxygen atoms in total. The average molecular weight is 465 g/mol. The van der Waals surface area contributed by atoms with E-state index in [-0.39, 0.29) is 30.6 Å². The number of rotatable bonds is 6. The fourth-order valence-electron chi connectivity index (χ4n) is 4.14. The number of likely N-dealkylation sites (tertiary alicyclic amines) is 1. The summed E-state index contributed by atoms with van der Waals surface area (Å²) < 4.78 is 49.7. The number of anilines is 1. The molecule has 33 heavy (non-hydrogen) atoms. The number of hydrogen-bond acceptors (Lipinski definition) is 6. The van der Waals surface area contributed by atoms with E-state index in [4.69, 9.17) is 9.47 Å². The molecule has 1 saturated heterocycles. The third-order valence-electron chi connectivity index (χ3n) is 5.70. The molecule has 1 amide bonds. The van der Waals surface area contributed by atoms with Crippen molar-refractivity contribution in [3.05, 3.63) is 57.6 Å². The minimum Gasteiger partial charge on any atom is -0.486 e. The van der Waals surface area contributed by atoms with Crippen LogP contribution in [0, 0.1) is 10.1 Å². The minimum absolute atomic E-state index is 0.0409. The van der Waals surface area contributed by atoms with Gasteiger partial charge in [0, 0.05) is 25.6 Å². The second kappa shape index (κ2) is 9.16. The summed E-state index contributed by atoms with van der Waals surface area (Å²) in [6.07, 6.45) is -3.01. The van der Waals surface area contributed by atoms with Gasteiger partial charge in [0.25, 0.3) is 5.69 Å². The second-order valence-electron chi connectivity index (χ2n) is 7.81. The Labute approximate surface area is 187 Å². The highest BCUT2D eigenvalue weighted by Gasteiger charge is 2.33. The Morgan fingerprint density at radius 1 is 1.15 bits per heavy atom. The topological polar surface area (TPSA) is 93.9 Å². The van der Waals surface area contributed by atoms with E-state index in [0.717, 1.165) is 30.5 Å². The van der Waals surface area contributed by atoms with Gasteiger partial charge in [-0.1, -0.05) is 6.07 Å². The molecule has 0 aromatic heterocycles. The van der Waals surface area contributed by atoms with Crippen LogP contribution in [0.2, 0.25) is 0 Å². The van der Waals surface area contributed by atoms with Crippen molar-refractivity contribution < 1.29 is 32.4 Å². The molecule has 2 aromatic rings. The molecule has 0 unspecified atom stereocenters. The van der Waals surface area contributed by atoms with E-state index >= 15 is 0 Å². The first-order valence-corrected chi connectivity index (χ1v) is 10.5. The molecule has 4 rings (SSSR count). The summed E-state index contributed by atoms with van der Waals surface area (Å²) in [5, 5.41) is 13.9. The maximum absolute atomic E-state index is 12.9. The van der Waals surface area contributed by atoms with Crippen molar-refractivity contribution in [2.24, 2.45) is 0 Å². The third-order valence-corrected chi connectivity index (χ3v) is 5.70. The largest absolute Gasteiger partial charge is 0.486 e. The van der Waals surface area contributed by atoms with Crippen molar-refractivity contribution >= 4 is 17.3 Å². The molecular weight excluding hydrogens is 443 g/mol. The summed E-state index contributed by atoms with van der Waals surface area (Å²) in [6, 6.07) is 7.78. The molecule has 0 saturated carbocycles. The maximum Gasteiger partial charge on any atom is 0.416 e. The SMILES string of the molecule is O=C(CCNc1ccc(C(F)(F)F)cc1[N+](=O)[O-])N1CCC[C@@H]1c1ccc2c(c1)OCCO2. The summed E-state index contributed by atoms with van der Waals surface area (Å²) >= 11 is 0. The Hall–Kier alpha value is -3.50. The van der Waals surface area contributed by atoms with E-state index in [9.17, 15) is 28.1 Å². The molecular formula is C22H22F3N3O5. The number of nitro groups is 1. The quantitative estimate of drug-likeness (QED) is 0.497. The summed E-state index contributed by atoms with van der Waals surface area (Å²) in [6.45, 7) is 1.59. The van der Waals surface area contributed by atoms with Crippen molar-refractivity contribution in [3.63, 3.8) is 0 Å². The Kier molecular flexibility index (Phi) is 6.30. The lowest BCUT2D eigenvalue weighted by Crippen LogP contribution is -2.31. The number of carbonyl (C=O) groups excluding carboxylic acids is 1. The number of nitrogens with one attached hydrogen (secondary N) is 1. The van der Waals surface area contributed by atoms with E-state index in [1.165, 1.54) is 0 Å². The lowest BCUT2D eigenvalue weighted by molar-refractivity contribution is -0.384. The molecule has 0 radical (unpaired) electrons. The highest BCUT2D eigenvalue weighted by atomic mass is 19.4. The van der Waals surface area contributed by atoms with E-state index in [1.54, 1.807) is 4.90 Å². The van der Waals surface area contributed by atoms with E-state index in [0.29, 0.717) is 37.3 Å². The zero-order valence-corrected chi connectivity index (χ0v) is 17.6. The van der Waals surface area contributed by atoms with Gasteiger partial charge in [0.15, 0.2) is 11.5 Å². The number of benzene rings is 2. The first kappa shape index (κ1) is 22.7. The average Bonchev–Trinajstić information content (AvgIpc) is 3.28. The summed E-state index contributed by atoms with van der Waals surface area (Å²) in [7, 11) is 0. The van der Waals surface area contributed by atoms with Crippen molar-refractivity contribution in [2.45, 2.75) is 31.5 Å². The van der Waals surface area contributed by atoms with Crippen LogP contribution in [0.5, 0.6) is 11.5 Å². The molecule has 0 aliphatic carbocycles. The lowest BCUT2D eigenvalue weighted by Gasteiger charge is -2.27. The van der Waals surface area contributed by atoms with Crippen LogP contribution in [-0.4, -0.2) is 42.0 Å². The van der Waals surface area contributed by atoms with Gasteiger partial charge < -0.3 is 19.7 Å². The van der Waals surface area contributed by atoms with Gasteiger partial charge >= 0.3 is 6.18 Å². The molecule has 1 fully saturated rings. The van der Waals surface area contributed by atoms with Gasteiger partial charge in [-0.3, -0.25) is 14.9 Å². The molecule has 11 heteroatoms. The van der Waals surface area contributed by atoms with Gasteiger partial charge in [-0.2, -0.15) is 13.2 Å². The maximum atomic E-state index is 12.9. The first-order valence-electron chi connectivity index (χ1n) is 10.5. The molecule has 0 bridgehead atoms. The Bertz CT molecular complexity index is 1060. The van der Waals surface area contributed by atoms with Crippen LogP contribution < -0.4 is 14.8 Å². The standard InChI is InChI=1S/C22H22F3N3O5/c23-22(24,25)15-4-5-16(18(13-15)28(30)31)26-8-7-21(29)27-9-1-2-17(27)14-3-6-19-20(12-14)33-11-10-32-19/h3-6,12-13,17,26H,1-2,7-11H2/t17-/m1/s1. The van der Waals surface area contributed by atoms with Gasteiger partial charge in [-0.25, -0.2) is 0 Å². The van der Waals surface area contributed by atoms with Crippen molar-refractivity contribution in [1.29, 1.82) is 0 Å². The number of halogens is 3. The predicted octanol–water partition coefficient (Wildman–Crippen LogP) is 4.55.